The third-order valence-electron chi connectivity index (χ3n) is 3.55. The predicted octanol–water partition coefficient (Wildman–Crippen LogP) is 1.75. The van der Waals surface area contributed by atoms with Gasteiger partial charge in [0.05, 0.1) is 23.2 Å². The Morgan fingerprint density at radius 3 is 2.38 bits per heavy atom. The van der Waals surface area contributed by atoms with Gasteiger partial charge in [0.2, 0.25) is 0 Å². The van der Waals surface area contributed by atoms with Gasteiger partial charge in [-0.3, -0.25) is 4.68 Å². The maximum Gasteiger partial charge on any atom is 0.0827 e. The van der Waals surface area contributed by atoms with Crippen LogP contribution in [0.5, 0.6) is 0 Å². The van der Waals surface area contributed by atoms with Gasteiger partial charge in [-0.15, -0.1) is 0 Å². The van der Waals surface area contributed by atoms with Gasteiger partial charge in [0.15, 0.2) is 0 Å². The zero-order valence-electron chi connectivity index (χ0n) is 10.3. The molecule has 0 atom stereocenters. The van der Waals surface area contributed by atoms with E-state index in [9.17, 15) is 5.11 Å². The second-order valence-corrected chi connectivity index (χ2v) is 4.82. The molecule has 1 aromatic heterocycles. The van der Waals surface area contributed by atoms with E-state index in [1.54, 1.807) is 0 Å². The van der Waals surface area contributed by atoms with Gasteiger partial charge in [-0.1, -0.05) is 0 Å². The molecule has 0 amide bonds. The second kappa shape index (κ2) is 4.45. The van der Waals surface area contributed by atoms with Crippen LogP contribution < -0.4 is 5.32 Å². The van der Waals surface area contributed by atoms with Crippen molar-refractivity contribution in [1.82, 2.24) is 9.78 Å². The fourth-order valence-corrected chi connectivity index (χ4v) is 2.41. The molecule has 1 fully saturated rings. The SMILES string of the molecule is Cc1nn(C)c(C)c1NC1CCC(O)CC1. The lowest BCUT2D eigenvalue weighted by Crippen LogP contribution is -2.28. The molecule has 1 saturated carbocycles. The Kier molecular flexibility index (Phi) is 3.19. The van der Waals surface area contributed by atoms with Crippen molar-refractivity contribution in [2.75, 3.05) is 5.32 Å². The number of rotatable bonds is 2. The van der Waals surface area contributed by atoms with Gasteiger partial charge in [-0.2, -0.15) is 5.10 Å². The van der Waals surface area contributed by atoms with E-state index in [0.717, 1.165) is 31.4 Å². The summed E-state index contributed by atoms with van der Waals surface area (Å²) in [6, 6.07) is 0.491. The van der Waals surface area contributed by atoms with Gasteiger partial charge in [0, 0.05) is 13.1 Å². The molecule has 0 bridgehead atoms. The van der Waals surface area contributed by atoms with Gasteiger partial charge in [-0.05, 0) is 39.5 Å². The van der Waals surface area contributed by atoms with Gasteiger partial charge in [0.25, 0.3) is 0 Å². The van der Waals surface area contributed by atoms with Crippen LogP contribution in [0.3, 0.4) is 0 Å². The van der Waals surface area contributed by atoms with Crippen molar-refractivity contribution in [2.24, 2.45) is 7.05 Å². The standard InChI is InChI=1S/C12H21N3O/c1-8-12(9(2)15(3)14-8)13-10-4-6-11(16)7-5-10/h10-11,13,16H,4-7H2,1-3H3. The molecule has 0 spiro atoms. The number of aryl methyl sites for hydroxylation is 2. The summed E-state index contributed by atoms with van der Waals surface area (Å²) in [7, 11) is 1.97. The van der Waals surface area contributed by atoms with Crippen molar-refractivity contribution in [3.05, 3.63) is 11.4 Å². The highest BCUT2D eigenvalue weighted by Crippen LogP contribution is 2.25. The van der Waals surface area contributed by atoms with Crippen LogP contribution in [0.4, 0.5) is 5.69 Å². The van der Waals surface area contributed by atoms with Gasteiger partial charge in [-0.25, -0.2) is 0 Å². The zero-order valence-corrected chi connectivity index (χ0v) is 10.3. The Labute approximate surface area is 96.7 Å². The lowest BCUT2D eigenvalue weighted by Gasteiger charge is -2.27. The molecule has 0 aromatic carbocycles. The maximum absolute atomic E-state index is 9.46. The fourth-order valence-electron chi connectivity index (χ4n) is 2.41. The molecule has 4 heteroatoms. The van der Waals surface area contributed by atoms with E-state index in [0.29, 0.717) is 6.04 Å². The average Bonchev–Trinajstić information content (AvgIpc) is 2.48. The summed E-state index contributed by atoms with van der Waals surface area (Å²) >= 11 is 0. The Morgan fingerprint density at radius 1 is 1.25 bits per heavy atom. The first-order valence-corrected chi connectivity index (χ1v) is 6.02. The molecule has 1 aliphatic rings. The molecular formula is C12H21N3O. The average molecular weight is 223 g/mol. The first-order chi connectivity index (χ1) is 7.58. The number of aliphatic hydroxyl groups is 1. The first kappa shape index (κ1) is 11.5. The minimum absolute atomic E-state index is 0.0888. The monoisotopic (exact) mass is 223 g/mol. The number of nitrogens with zero attached hydrogens (tertiary/aromatic N) is 2. The van der Waals surface area contributed by atoms with Crippen LogP contribution >= 0.6 is 0 Å². The van der Waals surface area contributed by atoms with Crippen LogP contribution in [0.15, 0.2) is 0 Å². The predicted molar refractivity (Wildman–Crippen MR) is 64.6 cm³/mol. The van der Waals surface area contributed by atoms with Crippen molar-refractivity contribution in [1.29, 1.82) is 0 Å². The summed E-state index contributed by atoms with van der Waals surface area (Å²) in [5.41, 5.74) is 3.42. The molecule has 0 aliphatic heterocycles. The van der Waals surface area contributed by atoms with Gasteiger partial charge < -0.3 is 10.4 Å². The van der Waals surface area contributed by atoms with E-state index < -0.39 is 0 Å². The van der Waals surface area contributed by atoms with Crippen LogP contribution in [-0.4, -0.2) is 27.0 Å². The number of aromatic nitrogens is 2. The Hall–Kier alpha value is -1.03. The van der Waals surface area contributed by atoms with E-state index in [1.165, 1.54) is 11.4 Å². The smallest absolute Gasteiger partial charge is 0.0827 e. The summed E-state index contributed by atoms with van der Waals surface area (Å²) in [5, 5.41) is 17.4. The Morgan fingerprint density at radius 2 is 1.88 bits per heavy atom. The highest BCUT2D eigenvalue weighted by atomic mass is 16.3. The third kappa shape index (κ3) is 2.21. The van der Waals surface area contributed by atoms with E-state index in [4.69, 9.17) is 0 Å². The first-order valence-electron chi connectivity index (χ1n) is 6.02. The normalized spacial score (nSPS) is 25.8. The number of nitrogens with one attached hydrogen (secondary N) is 1. The topological polar surface area (TPSA) is 50.1 Å². The summed E-state index contributed by atoms with van der Waals surface area (Å²) in [5.74, 6) is 0. The highest BCUT2D eigenvalue weighted by Gasteiger charge is 2.21. The second-order valence-electron chi connectivity index (χ2n) is 4.82. The van der Waals surface area contributed by atoms with E-state index in [2.05, 4.69) is 17.3 Å². The van der Waals surface area contributed by atoms with Gasteiger partial charge in [0.1, 0.15) is 0 Å². The molecule has 2 N–H and O–H groups in total. The molecule has 1 aliphatic carbocycles. The van der Waals surface area contributed by atoms with Crippen LogP contribution in [-0.2, 0) is 7.05 Å². The summed E-state index contributed by atoms with van der Waals surface area (Å²) in [6.07, 6.45) is 3.84. The largest absolute Gasteiger partial charge is 0.393 e. The minimum atomic E-state index is -0.0888. The molecule has 1 heterocycles. The highest BCUT2D eigenvalue weighted by molar-refractivity contribution is 5.52. The molecular weight excluding hydrogens is 202 g/mol. The molecule has 4 nitrogen and oxygen atoms in total. The van der Waals surface area contributed by atoms with Crippen LogP contribution in [0.25, 0.3) is 0 Å². The summed E-state index contributed by atoms with van der Waals surface area (Å²) < 4.78 is 1.91. The van der Waals surface area contributed by atoms with Gasteiger partial charge >= 0.3 is 0 Å². The third-order valence-corrected chi connectivity index (χ3v) is 3.55. The zero-order chi connectivity index (χ0) is 11.7. The number of aliphatic hydroxyl groups excluding tert-OH is 1. The van der Waals surface area contributed by atoms with Crippen molar-refractivity contribution < 1.29 is 5.11 Å². The summed E-state index contributed by atoms with van der Waals surface area (Å²) in [6.45, 7) is 4.12. The molecule has 90 valence electrons. The number of hydrogen-bond acceptors (Lipinski definition) is 3. The van der Waals surface area contributed by atoms with Crippen molar-refractivity contribution >= 4 is 5.69 Å². The van der Waals surface area contributed by atoms with Crippen LogP contribution in [0.2, 0.25) is 0 Å². The molecule has 2 rings (SSSR count). The van der Waals surface area contributed by atoms with E-state index >= 15 is 0 Å². The number of anilines is 1. The maximum atomic E-state index is 9.46. The summed E-state index contributed by atoms with van der Waals surface area (Å²) in [4.78, 5) is 0. The fraction of sp³-hybridized carbons (Fsp3) is 0.750. The molecule has 0 unspecified atom stereocenters. The van der Waals surface area contributed by atoms with Crippen LogP contribution in [0.1, 0.15) is 37.1 Å². The lowest BCUT2D eigenvalue weighted by atomic mass is 9.93. The minimum Gasteiger partial charge on any atom is -0.393 e. The van der Waals surface area contributed by atoms with E-state index in [-0.39, 0.29) is 6.10 Å². The molecule has 0 radical (unpaired) electrons. The Bertz CT molecular complexity index is 365. The number of hydrogen-bond donors (Lipinski definition) is 2. The molecule has 16 heavy (non-hydrogen) atoms. The van der Waals surface area contributed by atoms with Crippen LogP contribution in [0, 0.1) is 13.8 Å². The Balaban J connectivity index is 2.03. The molecule has 0 saturated heterocycles. The lowest BCUT2D eigenvalue weighted by molar-refractivity contribution is 0.126. The quantitative estimate of drug-likeness (QED) is 0.803. The van der Waals surface area contributed by atoms with E-state index in [1.807, 2.05) is 18.7 Å². The van der Waals surface area contributed by atoms with Crippen molar-refractivity contribution in [2.45, 2.75) is 51.7 Å². The van der Waals surface area contributed by atoms with Crippen molar-refractivity contribution in [3.8, 4) is 0 Å². The van der Waals surface area contributed by atoms with Crippen molar-refractivity contribution in [3.63, 3.8) is 0 Å². The molecule has 1 aromatic rings.